The number of fused-ring (bicyclic) bond motifs is 1. The van der Waals surface area contributed by atoms with Gasteiger partial charge < -0.3 is 10.0 Å². The van der Waals surface area contributed by atoms with Gasteiger partial charge in [-0.3, -0.25) is 0 Å². The molecule has 1 saturated carbocycles. The lowest BCUT2D eigenvalue weighted by molar-refractivity contribution is 0.173. The van der Waals surface area contributed by atoms with Crippen molar-refractivity contribution in [1.29, 1.82) is 0 Å². The molecule has 0 amide bonds. The number of aliphatic hydroxyl groups is 1. The van der Waals surface area contributed by atoms with Crippen LogP contribution in [0.3, 0.4) is 0 Å². The number of para-hydroxylation sites is 1. The zero-order chi connectivity index (χ0) is 13.9. The first-order chi connectivity index (χ1) is 9.81. The van der Waals surface area contributed by atoms with Gasteiger partial charge in [-0.1, -0.05) is 38.0 Å². The highest BCUT2D eigenvalue weighted by Crippen LogP contribution is 2.40. The van der Waals surface area contributed by atoms with Crippen LogP contribution >= 0.6 is 0 Å². The minimum Gasteiger partial charge on any atom is -0.388 e. The molecule has 2 fully saturated rings. The molecule has 1 aromatic rings. The van der Waals surface area contributed by atoms with Crippen LogP contribution in [0.5, 0.6) is 0 Å². The lowest BCUT2D eigenvalue weighted by atomic mass is 9.78. The van der Waals surface area contributed by atoms with Gasteiger partial charge in [0.2, 0.25) is 0 Å². The Morgan fingerprint density at radius 2 is 1.90 bits per heavy atom. The van der Waals surface area contributed by atoms with E-state index in [4.69, 9.17) is 0 Å². The van der Waals surface area contributed by atoms with Crippen molar-refractivity contribution in [3.63, 3.8) is 0 Å². The third-order valence-corrected chi connectivity index (χ3v) is 5.24. The maximum absolute atomic E-state index is 10.3. The van der Waals surface area contributed by atoms with Gasteiger partial charge in [-0.05, 0) is 44.1 Å². The Kier molecular flexibility index (Phi) is 4.30. The lowest BCUT2D eigenvalue weighted by Crippen LogP contribution is -2.47. The number of nitrogens with zero attached hydrogens (tertiary/aromatic N) is 1. The second-order valence-electron chi connectivity index (χ2n) is 6.43. The molecule has 20 heavy (non-hydrogen) atoms. The molecule has 1 aromatic carbocycles. The van der Waals surface area contributed by atoms with Crippen LogP contribution in [0, 0.1) is 5.92 Å². The summed E-state index contributed by atoms with van der Waals surface area (Å²) in [5, 5.41) is 10.3. The fraction of sp³-hybridized carbons (Fsp3) is 0.667. The highest BCUT2D eigenvalue weighted by atomic mass is 16.3. The van der Waals surface area contributed by atoms with Crippen LogP contribution in [-0.4, -0.2) is 17.7 Å². The molecule has 1 N–H and O–H groups in total. The molecular formula is C18H27NO. The third-order valence-electron chi connectivity index (χ3n) is 5.24. The van der Waals surface area contributed by atoms with E-state index in [0.29, 0.717) is 6.04 Å². The van der Waals surface area contributed by atoms with Gasteiger partial charge in [-0.2, -0.15) is 0 Å². The summed E-state index contributed by atoms with van der Waals surface area (Å²) in [5.74, 6) is 0.879. The summed E-state index contributed by atoms with van der Waals surface area (Å²) in [4.78, 5) is 2.61. The highest BCUT2D eigenvalue weighted by molar-refractivity contribution is 5.56. The van der Waals surface area contributed by atoms with E-state index in [-0.39, 0.29) is 6.10 Å². The fourth-order valence-corrected chi connectivity index (χ4v) is 4.17. The molecule has 110 valence electrons. The summed E-state index contributed by atoms with van der Waals surface area (Å²) in [6.45, 7) is 3.22. The normalized spacial score (nSPS) is 28.0. The van der Waals surface area contributed by atoms with Crippen molar-refractivity contribution < 1.29 is 5.11 Å². The molecule has 1 heterocycles. The van der Waals surface area contributed by atoms with Crippen LogP contribution in [0.25, 0.3) is 0 Å². The highest BCUT2D eigenvalue weighted by Gasteiger charge is 2.34. The average molecular weight is 273 g/mol. The van der Waals surface area contributed by atoms with Crippen LogP contribution in [0.4, 0.5) is 5.69 Å². The molecule has 1 saturated heterocycles. The predicted molar refractivity (Wildman–Crippen MR) is 84.0 cm³/mol. The second kappa shape index (κ2) is 6.17. The van der Waals surface area contributed by atoms with Crippen LogP contribution < -0.4 is 4.90 Å². The molecule has 2 nitrogen and oxygen atoms in total. The van der Waals surface area contributed by atoms with Crippen molar-refractivity contribution in [1.82, 2.24) is 0 Å². The summed E-state index contributed by atoms with van der Waals surface area (Å²) < 4.78 is 0. The first-order valence-electron chi connectivity index (χ1n) is 8.35. The number of piperidine rings is 1. The number of aliphatic hydroxyl groups excluding tert-OH is 1. The first-order valence-corrected chi connectivity index (χ1v) is 8.35. The van der Waals surface area contributed by atoms with E-state index in [0.717, 1.165) is 24.4 Å². The molecule has 0 radical (unpaired) electrons. The summed E-state index contributed by atoms with van der Waals surface area (Å²) in [6.07, 6.45) is 8.69. The number of hydrogen-bond donors (Lipinski definition) is 1. The largest absolute Gasteiger partial charge is 0.388 e. The van der Waals surface area contributed by atoms with Gasteiger partial charge in [-0.25, -0.2) is 0 Å². The maximum atomic E-state index is 10.3. The fourth-order valence-electron chi connectivity index (χ4n) is 4.17. The topological polar surface area (TPSA) is 23.5 Å². The molecule has 0 aromatic heterocycles. The van der Waals surface area contributed by atoms with Gasteiger partial charge in [0, 0.05) is 23.8 Å². The molecule has 1 aliphatic heterocycles. The maximum Gasteiger partial charge on any atom is 0.0807 e. The Hall–Kier alpha value is -1.02. The van der Waals surface area contributed by atoms with Crippen molar-refractivity contribution in [2.75, 3.05) is 11.4 Å². The van der Waals surface area contributed by atoms with E-state index < -0.39 is 0 Å². The summed E-state index contributed by atoms with van der Waals surface area (Å²) in [6, 6.07) is 9.21. The van der Waals surface area contributed by atoms with Crippen molar-refractivity contribution in [2.45, 2.75) is 64.0 Å². The van der Waals surface area contributed by atoms with Crippen LogP contribution in [0.2, 0.25) is 0 Å². The Bertz CT molecular complexity index is 443. The van der Waals surface area contributed by atoms with Gasteiger partial charge >= 0.3 is 0 Å². The van der Waals surface area contributed by atoms with E-state index in [9.17, 15) is 5.11 Å². The second-order valence-corrected chi connectivity index (χ2v) is 6.43. The third kappa shape index (κ3) is 2.58. The molecule has 3 rings (SSSR count). The van der Waals surface area contributed by atoms with Crippen molar-refractivity contribution in [3.05, 3.63) is 29.8 Å². The molecule has 2 unspecified atom stereocenters. The van der Waals surface area contributed by atoms with Gasteiger partial charge in [0.05, 0.1) is 6.10 Å². The van der Waals surface area contributed by atoms with E-state index >= 15 is 0 Å². The van der Waals surface area contributed by atoms with Crippen LogP contribution in [0.15, 0.2) is 24.3 Å². The van der Waals surface area contributed by atoms with Gasteiger partial charge in [0.25, 0.3) is 0 Å². The zero-order valence-electron chi connectivity index (χ0n) is 12.6. The minimum atomic E-state index is -0.324. The van der Waals surface area contributed by atoms with E-state index in [1.165, 1.54) is 44.2 Å². The van der Waals surface area contributed by atoms with Crippen molar-refractivity contribution in [2.24, 2.45) is 5.92 Å². The van der Waals surface area contributed by atoms with Crippen LogP contribution in [0.1, 0.15) is 63.5 Å². The molecule has 1 aliphatic carbocycles. The Morgan fingerprint density at radius 1 is 1.15 bits per heavy atom. The molecule has 0 bridgehead atoms. The number of benzene rings is 1. The van der Waals surface area contributed by atoms with Gasteiger partial charge in [0.15, 0.2) is 0 Å². The Morgan fingerprint density at radius 3 is 2.75 bits per heavy atom. The van der Waals surface area contributed by atoms with E-state index in [1.54, 1.807) is 0 Å². The SMILES string of the molecule is CC[C@@H](O)c1ccccc1N1CCCC2CCCCC21. The average Bonchev–Trinajstić information content (AvgIpc) is 2.53. The van der Waals surface area contributed by atoms with Crippen LogP contribution in [-0.2, 0) is 0 Å². The summed E-state index contributed by atoms with van der Waals surface area (Å²) in [7, 11) is 0. The molecule has 2 aliphatic rings. The molecule has 0 spiro atoms. The quantitative estimate of drug-likeness (QED) is 0.888. The minimum absolute atomic E-state index is 0.324. The van der Waals surface area contributed by atoms with E-state index in [2.05, 4.69) is 36.1 Å². The predicted octanol–water partition coefficient (Wildman–Crippen LogP) is 4.29. The van der Waals surface area contributed by atoms with E-state index in [1.807, 2.05) is 0 Å². The number of rotatable bonds is 3. The molecule has 3 atom stereocenters. The number of anilines is 1. The smallest absolute Gasteiger partial charge is 0.0807 e. The van der Waals surface area contributed by atoms with Gasteiger partial charge in [0.1, 0.15) is 0 Å². The summed E-state index contributed by atoms with van der Waals surface area (Å²) >= 11 is 0. The molecular weight excluding hydrogens is 246 g/mol. The van der Waals surface area contributed by atoms with Crippen molar-refractivity contribution >= 4 is 5.69 Å². The monoisotopic (exact) mass is 273 g/mol. The summed E-state index contributed by atoms with van der Waals surface area (Å²) in [5.41, 5.74) is 2.42. The first kappa shape index (κ1) is 13.9. The lowest BCUT2D eigenvalue weighted by Gasteiger charge is -2.46. The van der Waals surface area contributed by atoms with Crippen molar-refractivity contribution in [3.8, 4) is 0 Å². The molecule has 2 heteroatoms. The number of hydrogen-bond acceptors (Lipinski definition) is 2. The zero-order valence-corrected chi connectivity index (χ0v) is 12.6. The standard InChI is InChI=1S/C18H27NO/c1-2-18(20)15-10-4-6-12-17(15)19-13-7-9-14-8-3-5-11-16(14)19/h4,6,10,12,14,16,18,20H,2-3,5,7-9,11,13H2,1H3/t14?,16?,18-/m1/s1. The Balaban J connectivity index is 1.91. The Labute approximate surface area is 122 Å². The van der Waals surface area contributed by atoms with Gasteiger partial charge in [-0.15, -0.1) is 0 Å².